The maximum atomic E-state index is 12.1. The zero-order valence-electron chi connectivity index (χ0n) is 12.8. The summed E-state index contributed by atoms with van der Waals surface area (Å²) in [7, 11) is 0. The molecule has 0 unspecified atom stereocenters. The van der Waals surface area contributed by atoms with Gasteiger partial charge >= 0.3 is 0 Å². The average molecular weight is 278 g/mol. The number of nitrogens with zero attached hydrogens (tertiary/aromatic N) is 3. The Morgan fingerprint density at radius 2 is 1.80 bits per heavy atom. The fraction of sp³-hybridized carbons (Fsp3) is 0.600. The van der Waals surface area contributed by atoms with Crippen LogP contribution in [0.15, 0.2) is 29.7 Å². The molecule has 0 saturated carbocycles. The van der Waals surface area contributed by atoms with Crippen LogP contribution in [0.3, 0.4) is 0 Å². The highest BCUT2D eigenvalue weighted by Crippen LogP contribution is 2.20. The highest BCUT2D eigenvalue weighted by atomic mass is 16.2. The molecule has 0 aromatic carbocycles. The average Bonchev–Trinajstić information content (AvgIpc) is 2.37. The largest absolute Gasteiger partial charge is 0.405 e. The van der Waals surface area contributed by atoms with Crippen LogP contribution < -0.4 is 5.73 Å². The molecule has 2 N–H and O–H groups in total. The smallest absolute Gasteiger partial charge is 0.223 e. The van der Waals surface area contributed by atoms with Crippen LogP contribution in [0.5, 0.6) is 0 Å². The molecule has 1 amide bonds. The van der Waals surface area contributed by atoms with Crippen molar-refractivity contribution in [2.75, 3.05) is 26.2 Å². The topological polar surface area (TPSA) is 61.9 Å². The third-order valence-corrected chi connectivity index (χ3v) is 3.10. The van der Waals surface area contributed by atoms with Crippen molar-refractivity contribution in [1.82, 2.24) is 9.80 Å². The summed E-state index contributed by atoms with van der Waals surface area (Å²) < 4.78 is 0. The van der Waals surface area contributed by atoms with E-state index in [-0.39, 0.29) is 11.3 Å². The second kappa shape index (κ2) is 7.12. The molecule has 1 rings (SSSR count). The van der Waals surface area contributed by atoms with Gasteiger partial charge in [0, 0.05) is 38.8 Å². The first-order valence-electron chi connectivity index (χ1n) is 6.96. The summed E-state index contributed by atoms with van der Waals surface area (Å²) >= 11 is 0. The number of hydrogen-bond acceptors (Lipinski definition) is 4. The van der Waals surface area contributed by atoms with E-state index in [0.717, 1.165) is 26.2 Å². The van der Waals surface area contributed by atoms with Gasteiger partial charge in [-0.05, 0) is 17.7 Å². The Labute approximate surface area is 121 Å². The Balaban J connectivity index is 2.43. The molecule has 5 heteroatoms. The summed E-state index contributed by atoms with van der Waals surface area (Å²) in [5, 5.41) is 0. The number of hydrogen-bond donors (Lipinski definition) is 1. The van der Waals surface area contributed by atoms with Crippen molar-refractivity contribution in [3.63, 3.8) is 0 Å². The number of amides is 1. The van der Waals surface area contributed by atoms with Crippen molar-refractivity contribution >= 4 is 12.1 Å². The van der Waals surface area contributed by atoms with E-state index in [9.17, 15) is 4.79 Å². The minimum absolute atomic E-state index is 0.0384. The molecule has 0 aromatic rings. The monoisotopic (exact) mass is 278 g/mol. The minimum atomic E-state index is 0.0384. The number of nitrogens with two attached hydrogens (primary N) is 1. The second-order valence-corrected chi connectivity index (χ2v) is 6.18. The van der Waals surface area contributed by atoms with E-state index in [2.05, 4.69) is 37.2 Å². The van der Waals surface area contributed by atoms with Crippen molar-refractivity contribution < 1.29 is 4.79 Å². The first-order valence-corrected chi connectivity index (χ1v) is 6.96. The lowest BCUT2D eigenvalue weighted by Gasteiger charge is -2.36. The third kappa shape index (κ3) is 5.47. The highest BCUT2D eigenvalue weighted by Gasteiger charge is 2.24. The Bertz CT molecular complexity index is 399. The van der Waals surface area contributed by atoms with Crippen molar-refractivity contribution in [1.29, 1.82) is 0 Å². The Morgan fingerprint density at radius 1 is 1.25 bits per heavy atom. The summed E-state index contributed by atoms with van der Waals surface area (Å²) in [6.07, 6.45) is 5.31. The van der Waals surface area contributed by atoms with Crippen molar-refractivity contribution in [3.05, 3.63) is 24.7 Å². The predicted octanol–water partition coefficient (Wildman–Crippen LogP) is 1.58. The molecule has 20 heavy (non-hydrogen) atoms. The van der Waals surface area contributed by atoms with E-state index in [0.29, 0.717) is 12.2 Å². The van der Waals surface area contributed by atoms with Crippen LogP contribution in [-0.2, 0) is 4.79 Å². The number of aliphatic imine (C=N–C) groups is 1. The van der Waals surface area contributed by atoms with Crippen LogP contribution in [0.2, 0.25) is 0 Å². The molecule has 0 bridgehead atoms. The number of rotatable bonds is 4. The summed E-state index contributed by atoms with van der Waals surface area (Å²) in [5.74, 6) is 0.948. The maximum Gasteiger partial charge on any atom is 0.223 e. The van der Waals surface area contributed by atoms with E-state index >= 15 is 0 Å². The lowest BCUT2D eigenvalue weighted by atomic mass is 9.91. The van der Waals surface area contributed by atoms with Crippen LogP contribution in [0.1, 0.15) is 27.2 Å². The minimum Gasteiger partial charge on any atom is -0.405 e. The van der Waals surface area contributed by atoms with E-state index in [1.54, 1.807) is 12.3 Å². The van der Waals surface area contributed by atoms with Crippen molar-refractivity contribution in [3.8, 4) is 0 Å². The SMILES string of the molecule is C=C(N=C/C=C\N)N1CCN(C(=O)CC(C)(C)C)CC1. The Morgan fingerprint density at radius 3 is 2.30 bits per heavy atom. The molecule has 0 spiro atoms. The fourth-order valence-electron chi connectivity index (χ4n) is 2.04. The molecule has 1 fully saturated rings. The zero-order chi connectivity index (χ0) is 15.2. The number of carbonyl (C=O) groups excluding carboxylic acids is 1. The molecule has 0 atom stereocenters. The molecule has 0 radical (unpaired) electrons. The van der Waals surface area contributed by atoms with E-state index in [4.69, 9.17) is 5.73 Å². The Kier molecular flexibility index (Phi) is 5.80. The van der Waals surface area contributed by atoms with Gasteiger partial charge in [0.1, 0.15) is 5.82 Å². The molecule has 1 aliphatic heterocycles. The van der Waals surface area contributed by atoms with Gasteiger partial charge in [-0.1, -0.05) is 27.4 Å². The molecule has 0 aromatic heterocycles. The van der Waals surface area contributed by atoms with Gasteiger partial charge in [0.2, 0.25) is 5.91 Å². The maximum absolute atomic E-state index is 12.1. The number of carbonyl (C=O) groups is 1. The van der Waals surface area contributed by atoms with Crippen molar-refractivity contribution in [2.45, 2.75) is 27.2 Å². The molecule has 5 nitrogen and oxygen atoms in total. The normalized spacial score (nSPS) is 17.1. The van der Waals surface area contributed by atoms with E-state index in [1.807, 2.05) is 4.90 Å². The lowest BCUT2D eigenvalue weighted by Crippen LogP contribution is -2.48. The van der Waals surface area contributed by atoms with Crippen LogP contribution in [0, 0.1) is 5.41 Å². The lowest BCUT2D eigenvalue weighted by molar-refractivity contribution is -0.134. The van der Waals surface area contributed by atoms with Crippen LogP contribution in [-0.4, -0.2) is 48.1 Å². The number of allylic oxidation sites excluding steroid dienone is 1. The molecular formula is C15H26N4O. The Hall–Kier alpha value is -1.78. The van der Waals surface area contributed by atoms with Gasteiger partial charge in [-0.25, -0.2) is 4.99 Å². The van der Waals surface area contributed by atoms with Gasteiger partial charge in [0.25, 0.3) is 0 Å². The molecular weight excluding hydrogens is 252 g/mol. The van der Waals surface area contributed by atoms with E-state index < -0.39 is 0 Å². The fourth-order valence-corrected chi connectivity index (χ4v) is 2.04. The molecule has 1 saturated heterocycles. The standard InChI is InChI=1S/C15H26N4O/c1-13(17-7-5-6-16)18-8-10-19(11-9-18)14(20)12-15(2,3)4/h5-7H,1,8-12,16H2,2-4H3/b6-5-,17-7?. The second-order valence-electron chi connectivity index (χ2n) is 6.18. The molecule has 0 aliphatic carbocycles. The first-order chi connectivity index (χ1) is 9.33. The van der Waals surface area contributed by atoms with Crippen LogP contribution in [0.25, 0.3) is 0 Å². The third-order valence-electron chi connectivity index (χ3n) is 3.10. The van der Waals surface area contributed by atoms with Crippen LogP contribution in [0.4, 0.5) is 0 Å². The summed E-state index contributed by atoms with van der Waals surface area (Å²) in [5.41, 5.74) is 5.27. The molecule has 112 valence electrons. The number of piperazine rings is 1. The van der Waals surface area contributed by atoms with Gasteiger partial charge in [-0.3, -0.25) is 4.79 Å². The van der Waals surface area contributed by atoms with Gasteiger partial charge in [-0.2, -0.15) is 0 Å². The quantitative estimate of drug-likeness (QED) is 0.794. The molecule has 1 aliphatic rings. The van der Waals surface area contributed by atoms with Gasteiger partial charge in [0.15, 0.2) is 0 Å². The first kappa shape index (κ1) is 16.3. The van der Waals surface area contributed by atoms with Gasteiger partial charge < -0.3 is 15.5 Å². The summed E-state index contributed by atoms with van der Waals surface area (Å²) in [4.78, 5) is 20.4. The zero-order valence-corrected chi connectivity index (χ0v) is 12.8. The van der Waals surface area contributed by atoms with Gasteiger partial charge in [-0.15, -0.1) is 0 Å². The van der Waals surface area contributed by atoms with Crippen LogP contribution >= 0.6 is 0 Å². The van der Waals surface area contributed by atoms with E-state index in [1.165, 1.54) is 6.20 Å². The molecule has 1 heterocycles. The van der Waals surface area contributed by atoms with Gasteiger partial charge in [0.05, 0.1) is 0 Å². The summed E-state index contributed by atoms with van der Waals surface area (Å²) in [6.45, 7) is 13.2. The summed E-state index contributed by atoms with van der Waals surface area (Å²) in [6, 6.07) is 0. The highest BCUT2D eigenvalue weighted by molar-refractivity contribution is 5.77. The van der Waals surface area contributed by atoms with Crippen molar-refractivity contribution in [2.24, 2.45) is 16.1 Å². The predicted molar refractivity (Wildman–Crippen MR) is 83.2 cm³/mol.